The lowest BCUT2D eigenvalue weighted by molar-refractivity contribution is 0.273. The fourth-order valence-corrected chi connectivity index (χ4v) is 1.59. The van der Waals surface area contributed by atoms with Gasteiger partial charge in [-0.2, -0.15) is 0 Å². The molecule has 0 unspecified atom stereocenters. The van der Waals surface area contributed by atoms with Crippen molar-refractivity contribution >= 4 is 23.2 Å². The minimum Gasteiger partial charge on any atom is -0.396 e. The topological polar surface area (TPSA) is 20.2 Å². The third-order valence-corrected chi connectivity index (χ3v) is 2.33. The fraction of sp³-hybridized carbons (Fsp3) is 0.333. The number of hydrogen-bond donors (Lipinski definition) is 1. The van der Waals surface area contributed by atoms with Crippen LogP contribution in [0.15, 0.2) is 18.2 Å². The Balaban J connectivity index is 3.01. The van der Waals surface area contributed by atoms with Crippen LogP contribution in [0.2, 0.25) is 10.0 Å². The zero-order valence-corrected chi connectivity index (χ0v) is 8.23. The molecule has 0 saturated heterocycles. The molecular formula is C9H10Cl2O. The van der Waals surface area contributed by atoms with Gasteiger partial charge in [-0.05, 0) is 17.7 Å². The molecule has 1 nitrogen and oxygen atoms in total. The van der Waals surface area contributed by atoms with Gasteiger partial charge in [0.15, 0.2) is 0 Å². The van der Waals surface area contributed by atoms with Crippen molar-refractivity contribution in [3.63, 3.8) is 0 Å². The Morgan fingerprint density at radius 1 is 1.42 bits per heavy atom. The van der Waals surface area contributed by atoms with Crippen molar-refractivity contribution in [3.8, 4) is 0 Å². The third-order valence-electron chi connectivity index (χ3n) is 1.77. The first kappa shape index (κ1) is 9.85. The van der Waals surface area contributed by atoms with E-state index in [0.29, 0.717) is 10.0 Å². The first-order chi connectivity index (χ1) is 5.65. The monoisotopic (exact) mass is 204 g/mol. The van der Waals surface area contributed by atoms with Gasteiger partial charge in [0.25, 0.3) is 0 Å². The second-order valence-corrected chi connectivity index (χ2v) is 3.59. The van der Waals surface area contributed by atoms with Crippen LogP contribution in [0.25, 0.3) is 0 Å². The minimum atomic E-state index is 0.0646. The van der Waals surface area contributed by atoms with Crippen LogP contribution >= 0.6 is 23.2 Å². The Morgan fingerprint density at radius 2 is 2.08 bits per heavy atom. The van der Waals surface area contributed by atoms with E-state index >= 15 is 0 Å². The molecule has 1 rings (SSSR count). The van der Waals surface area contributed by atoms with Crippen LogP contribution < -0.4 is 0 Å². The maximum Gasteiger partial charge on any atom is 0.0497 e. The van der Waals surface area contributed by atoms with Crippen molar-refractivity contribution in [2.75, 3.05) is 6.61 Å². The quantitative estimate of drug-likeness (QED) is 0.786. The summed E-state index contributed by atoms with van der Waals surface area (Å²) in [6, 6.07) is 5.30. The predicted molar refractivity (Wildman–Crippen MR) is 52.0 cm³/mol. The van der Waals surface area contributed by atoms with Crippen molar-refractivity contribution in [2.24, 2.45) is 0 Å². The molecule has 0 aliphatic heterocycles. The lowest BCUT2D eigenvalue weighted by Crippen LogP contribution is -1.99. The second kappa shape index (κ2) is 4.13. The van der Waals surface area contributed by atoms with Crippen LogP contribution in [0.3, 0.4) is 0 Å². The lowest BCUT2D eigenvalue weighted by atomic mass is 10.0. The molecule has 0 aliphatic rings. The molecule has 0 aromatic heterocycles. The molecule has 0 spiro atoms. The number of rotatable bonds is 2. The van der Waals surface area contributed by atoms with Crippen molar-refractivity contribution in [2.45, 2.75) is 12.8 Å². The summed E-state index contributed by atoms with van der Waals surface area (Å²) in [5.74, 6) is 0.0646. The molecule has 0 amide bonds. The molecule has 1 N–H and O–H groups in total. The SMILES string of the molecule is C[C@H](CO)c1ccc(Cl)cc1Cl. The molecule has 1 aromatic carbocycles. The zero-order chi connectivity index (χ0) is 9.14. The molecule has 0 saturated carbocycles. The molecule has 0 aliphatic carbocycles. The number of aliphatic hydroxyl groups is 1. The number of aliphatic hydroxyl groups excluding tert-OH is 1. The van der Waals surface area contributed by atoms with Gasteiger partial charge >= 0.3 is 0 Å². The first-order valence-corrected chi connectivity index (χ1v) is 4.46. The van der Waals surface area contributed by atoms with Gasteiger partial charge in [-0.25, -0.2) is 0 Å². The summed E-state index contributed by atoms with van der Waals surface area (Å²) >= 11 is 11.6. The van der Waals surface area contributed by atoms with Gasteiger partial charge in [-0.15, -0.1) is 0 Å². The van der Waals surface area contributed by atoms with Gasteiger partial charge < -0.3 is 5.11 Å². The maximum absolute atomic E-state index is 8.89. The summed E-state index contributed by atoms with van der Waals surface area (Å²) in [6.45, 7) is 2.01. The lowest BCUT2D eigenvalue weighted by Gasteiger charge is -2.09. The average Bonchev–Trinajstić information content (AvgIpc) is 2.03. The van der Waals surface area contributed by atoms with E-state index in [2.05, 4.69) is 0 Å². The van der Waals surface area contributed by atoms with Gasteiger partial charge in [0, 0.05) is 22.6 Å². The van der Waals surface area contributed by atoms with Crippen molar-refractivity contribution < 1.29 is 5.11 Å². The Labute approximate surface area is 81.9 Å². The zero-order valence-electron chi connectivity index (χ0n) is 6.72. The Morgan fingerprint density at radius 3 is 2.58 bits per heavy atom. The number of benzene rings is 1. The Kier molecular flexibility index (Phi) is 3.39. The molecule has 0 fully saturated rings. The fourth-order valence-electron chi connectivity index (χ4n) is 1.000. The largest absolute Gasteiger partial charge is 0.396 e. The summed E-state index contributed by atoms with van der Waals surface area (Å²) in [5.41, 5.74) is 0.934. The van der Waals surface area contributed by atoms with E-state index in [0.717, 1.165) is 5.56 Å². The normalized spacial score (nSPS) is 13.0. The van der Waals surface area contributed by atoms with Crippen LogP contribution in [0.5, 0.6) is 0 Å². The van der Waals surface area contributed by atoms with Crippen molar-refractivity contribution in [3.05, 3.63) is 33.8 Å². The molecule has 1 atom stereocenters. The van der Waals surface area contributed by atoms with Crippen molar-refractivity contribution in [1.82, 2.24) is 0 Å². The van der Waals surface area contributed by atoms with Crippen LogP contribution in [-0.2, 0) is 0 Å². The summed E-state index contributed by atoms with van der Waals surface area (Å²) in [6.07, 6.45) is 0. The summed E-state index contributed by atoms with van der Waals surface area (Å²) in [7, 11) is 0. The average molecular weight is 205 g/mol. The van der Waals surface area contributed by atoms with E-state index in [4.69, 9.17) is 28.3 Å². The van der Waals surface area contributed by atoms with Crippen molar-refractivity contribution in [1.29, 1.82) is 0 Å². The van der Waals surface area contributed by atoms with Gasteiger partial charge in [0.2, 0.25) is 0 Å². The van der Waals surface area contributed by atoms with Crippen LogP contribution in [0.4, 0.5) is 0 Å². The smallest absolute Gasteiger partial charge is 0.0497 e. The third kappa shape index (κ3) is 2.13. The highest BCUT2D eigenvalue weighted by atomic mass is 35.5. The highest BCUT2D eigenvalue weighted by Gasteiger charge is 2.07. The van der Waals surface area contributed by atoms with E-state index in [1.54, 1.807) is 12.1 Å². The Bertz CT molecular complexity index is 273. The summed E-state index contributed by atoms with van der Waals surface area (Å²) in [4.78, 5) is 0. The van der Waals surface area contributed by atoms with Gasteiger partial charge in [0.05, 0.1) is 0 Å². The highest BCUT2D eigenvalue weighted by Crippen LogP contribution is 2.26. The molecule has 3 heteroatoms. The maximum atomic E-state index is 8.89. The second-order valence-electron chi connectivity index (χ2n) is 2.75. The molecule has 0 radical (unpaired) electrons. The molecule has 12 heavy (non-hydrogen) atoms. The van der Waals surface area contributed by atoms with E-state index < -0.39 is 0 Å². The summed E-state index contributed by atoms with van der Waals surface area (Å²) < 4.78 is 0. The van der Waals surface area contributed by atoms with Crippen LogP contribution in [-0.4, -0.2) is 11.7 Å². The van der Waals surface area contributed by atoms with Gasteiger partial charge in [-0.1, -0.05) is 36.2 Å². The first-order valence-electron chi connectivity index (χ1n) is 3.71. The minimum absolute atomic E-state index is 0.0646. The highest BCUT2D eigenvalue weighted by molar-refractivity contribution is 6.35. The van der Waals surface area contributed by atoms with E-state index in [9.17, 15) is 0 Å². The van der Waals surface area contributed by atoms with E-state index in [-0.39, 0.29) is 12.5 Å². The van der Waals surface area contributed by atoms with Gasteiger partial charge in [0.1, 0.15) is 0 Å². The Hall–Kier alpha value is -0.240. The predicted octanol–water partition coefficient (Wildman–Crippen LogP) is 3.09. The number of hydrogen-bond acceptors (Lipinski definition) is 1. The van der Waals surface area contributed by atoms with Gasteiger partial charge in [-0.3, -0.25) is 0 Å². The molecule has 66 valence electrons. The molecular weight excluding hydrogens is 195 g/mol. The van der Waals surface area contributed by atoms with Crippen LogP contribution in [0.1, 0.15) is 18.4 Å². The van der Waals surface area contributed by atoms with E-state index in [1.807, 2.05) is 13.0 Å². The molecule has 1 aromatic rings. The van der Waals surface area contributed by atoms with E-state index in [1.165, 1.54) is 0 Å². The van der Waals surface area contributed by atoms with Crippen LogP contribution in [0, 0.1) is 0 Å². The molecule has 0 bridgehead atoms. The summed E-state index contributed by atoms with van der Waals surface area (Å²) in [5, 5.41) is 10.1. The standard InChI is InChI=1S/C9H10Cl2O/c1-6(5-12)8-3-2-7(10)4-9(8)11/h2-4,6,12H,5H2,1H3/t6-/m1/s1. The number of halogens is 2. The molecule has 0 heterocycles.